The first kappa shape index (κ1) is 26.7. The second-order valence-electron chi connectivity index (χ2n) is 8.43. The lowest BCUT2D eigenvalue weighted by Crippen LogP contribution is -2.63. The summed E-state index contributed by atoms with van der Waals surface area (Å²) >= 11 is 0. The van der Waals surface area contributed by atoms with Gasteiger partial charge in [-0.1, -0.05) is 44.7 Å². The number of ether oxygens (including phenoxy) is 1. The summed E-state index contributed by atoms with van der Waals surface area (Å²) in [4.78, 5) is 37.7. The number of nitrogens with zero attached hydrogens (tertiary/aromatic N) is 1. The highest BCUT2D eigenvalue weighted by molar-refractivity contribution is 5.85. The van der Waals surface area contributed by atoms with Crippen LogP contribution in [0.3, 0.4) is 0 Å². The molecule has 3 rings (SSSR count). The van der Waals surface area contributed by atoms with Gasteiger partial charge in [-0.25, -0.2) is 9.59 Å². The van der Waals surface area contributed by atoms with E-state index >= 15 is 0 Å². The molecule has 1 aromatic heterocycles. The number of hydrogen-bond acceptors (Lipinski definition) is 6. The summed E-state index contributed by atoms with van der Waals surface area (Å²) in [7, 11) is 0. The molecule has 0 saturated carbocycles. The third-order valence-corrected chi connectivity index (χ3v) is 6.12. The normalized spacial score (nSPS) is 18.1. The van der Waals surface area contributed by atoms with E-state index in [-0.39, 0.29) is 38.1 Å². The number of fused-ring (bicyclic) bond motifs is 1. The van der Waals surface area contributed by atoms with E-state index in [0.29, 0.717) is 24.1 Å². The number of piperazine rings is 1. The van der Waals surface area contributed by atoms with Gasteiger partial charge in [0.15, 0.2) is 0 Å². The predicted octanol–water partition coefficient (Wildman–Crippen LogP) is 4.21. The topological polar surface area (TPSA) is 109 Å². The molecule has 0 bridgehead atoms. The van der Waals surface area contributed by atoms with Crippen LogP contribution in [0.1, 0.15) is 56.6 Å². The Bertz CT molecular complexity index is 1020. The molecule has 1 aliphatic rings. The van der Waals surface area contributed by atoms with Crippen LogP contribution in [0, 0.1) is 6.92 Å². The zero-order valence-electron chi connectivity index (χ0n) is 19.2. The molecule has 0 radical (unpaired) electrons. The van der Waals surface area contributed by atoms with Crippen LogP contribution < -0.4 is 10.9 Å². The molecule has 0 spiro atoms. The molecule has 1 unspecified atom stereocenters. The Morgan fingerprint density at radius 3 is 2.70 bits per heavy atom. The first-order valence-electron chi connectivity index (χ1n) is 11.3. The Balaban J connectivity index is 0.00000385. The minimum absolute atomic E-state index is 0. The van der Waals surface area contributed by atoms with Gasteiger partial charge in [0.1, 0.15) is 17.7 Å². The SMILES string of the molecule is CCCCCCCC(=O)OCC1(c2ccc3c(C)cc(=O)oc3c2)CNCCN1C(=O)O.Cl. The monoisotopic (exact) mass is 480 g/mol. The summed E-state index contributed by atoms with van der Waals surface area (Å²) < 4.78 is 11.0. The zero-order chi connectivity index (χ0) is 23.1. The molecule has 9 heteroatoms. The molecule has 1 aromatic carbocycles. The van der Waals surface area contributed by atoms with Crippen LogP contribution in [-0.2, 0) is 15.1 Å². The van der Waals surface area contributed by atoms with Gasteiger partial charge in [-0.05, 0) is 30.5 Å². The van der Waals surface area contributed by atoms with E-state index in [2.05, 4.69) is 12.2 Å². The van der Waals surface area contributed by atoms with Gasteiger partial charge in [-0.2, -0.15) is 0 Å². The summed E-state index contributed by atoms with van der Waals surface area (Å²) in [5, 5.41) is 13.9. The number of rotatable bonds is 9. The van der Waals surface area contributed by atoms with E-state index in [0.717, 1.165) is 43.1 Å². The number of unbranched alkanes of at least 4 members (excludes halogenated alkanes) is 4. The first-order chi connectivity index (χ1) is 15.4. The standard InChI is InChI=1S/C24H32N2O6.ClH/c1-3-4-5-6-7-8-21(27)31-16-24(15-25-11-12-26(24)23(29)30)18-9-10-19-17(2)13-22(28)32-20(19)14-18;/h9-10,13-14,25H,3-8,11-12,15-16H2,1-2H3,(H,29,30);1H. The van der Waals surface area contributed by atoms with Crippen LogP contribution in [0.4, 0.5) is 4.79 Å². The van der Waals surface area contributed by atoms with Gasteiger partial charge in [-0.15, -0.1) is 12.4 Å². The van der Waals surface area contributed by atoms with Gasteiger partial charge in [-0.3, -0.25) is 9.69 Å². The van der Waals surface area contributed by atoms with Crippen molar-refractivity contribution in [2.75, 3.05) is 26.2 Å². The predicted molar refractivity (Wildman–Crippen MR) is 128 cm³/mol. The summed E-state index contributed by atoms with van der Waals surface area (Å²) in [6, 6.07) is 6.74. The van der Waals surface area contributed by atoms with E-state index in [1.54, 1.807) is 6.07 Å². The average molecular weight is 481 g/mol. The van der Waals surface area contributed by atoms with E-state index in [4.69, 9.17) is 9.15 Å². The Kier molecular flexibility index (Phi) is 9.73. The lowest BCUT2D eigenvalue weighted by molar-refractivity contribution is -0.148. The largest absolute Gasteiger partial charge is 0.465 e. The molecule has 8 nitrogen and oxygen atoms in total. The number of carbonyl (C=O) groups excluding carboxylic acids is 1. The Labute approximate surface area is 199 Å². The third-order valence-electron chi connectivity index (χ3n) is 6.12. The summed E-state index contributed by atoms with van der Waals surface area (Å²) in [6.45, 7) is 4.88. The van der Waals surface area contributed by atoms with Crippen LogP contribution in [-0.4, -0.2) is 48.3 Å². The third kappa shape index (κ3) is 6.26. The van der Waals surface area contributed by atoms with Gasteiger partial charge in [0.2, 0.25) is 0 Å². The molecule has 1 fully saturated rings. The van der Waals surface area contributed by atoms with Crippen LogP contribution in [0.5, 0.6) is 0 Å². The highest BCUT2D eigenvalue weighted by Gasteiger charge is 2.45. The van der Waals surface area contributed by atoms with Crippen molar-refractivity contribution in [1.29, 1.82) is 0 Å². The average Bonchev–Trinajstić information content (AvgIpc) is 2.77. The molecule has 0 aliphatic carbocycles. The zero-order valence-corrected chi connectivity index (χ0v) is 20.0. The molecule has 1 atom stereocenters. The van der Waals surface area contributed by atoms with Crippen molar-refractivity contribution in [2.45, 2.75) is 57.9 Å². The van der Waals surface area contributed by atoms with Gasteiger partial charge >= 0.3 is 17.7 Å². The number of amides is 1. The van der Waals surface area contributed by atoms with Crippen molar-refractivity contribution in [3.05, 3.63) is 45.8 Å². The molecule has 182 valence electrons. The molecule has 2 N–H and O–H groups in total. The van der Waals surface area contributed by atoms with Crippen molar-refractivity contribution in [1.82, 2.24) is 10.2 Å². The van der Waals surface area contributed by atoms with Gasteiger partial charge in [0, 0.05) is 37.5 Å². The molecule has 1 saturated heterocycles. The van der Waals surface area contributed by atoms with Crippen molar-refractivity contribution in [3.8, 4) is 0 Å². The summed E-state index contributed by atoms with van der Waals surface area (Å²) in [6.07, 6.45) is 4.32. The van der Waals surface area contributed by atoms with E-state index in [1.807, 2.05) is 19.1 Å². The fourth-order valence-electron chi connectivity index (χ4n) is 4.30. The number of hydrogen-bond donors (Lipinski definition) is 2. The Hall–Kier alpha value is -2.58. The highest BCUT2D eigenvalue weighted by Crippen LogP contribution is 2.33. The first-order valence-corrected chi connectivity index (χ1v) is 11.3. The number of nitrogens with one attached hydrogen (secondary N) is 1. The number of halogens is 1. The van der Waals surface area contributed by atoms with Crippen molar-refractivity contribution in [2.24, 2.45) is 0 Å². The van der Waals surface area contributed by atoms with Gasteiger partial charge < -0.3 is 19.6 Å². The number of carbonyl (C=O) groups is 2. The highest BCUT2D eigenvalue weighted by atomic mass is 35.5. The maximum Gasteiger partial charge on any atom is 0.408 e. The maximum atomic E-state index is 12.4. The molecular weight excluding hydrogens is 448 g/mol. The summed E-state index contributed by atoms with van der Waals surface area (Å²) in [5.74, 6) is -0.333. The minimum Gasteiger partial charge on any atom is -0.465 e. The van der Waals surface area contributed by atoms with Crippen molar-refractivity contribution in [3.63, 3.8) is 0 Å². The van der Waals surface area contributed by atoms with E-state index < -0.39 is 17.3 Å². The molecule has 1 amide bonds. The smallest absolute Gasteiger partial charge is 0.408 e. The fourth-order valence-corrected chi connectivity index (χ4v) is 4.30. The number of esters is 1. The number of benzene rings is 1. The lowest BCUT2D eigenvalue weighted by Gasteiger charge is -2.45. The second-order valence-corrected chi connectivity index (χ2v) is 8.43. The molecule has 2 heterocycles. The van der Waals surface area contributed by atoms with Crippen molar-refractivity contribution >= 4 is 35.4 Å². The fraction of sp³-hybridized carbons (Fsp3) is 0.542. The summed E-state index contributed by atoms with van der Waals surface area (Å²) in [5.41, 5.74) is 0.197. The molecule has 1 aliphatic heterocycles. The Morgan fingerprint density at radius 1 is 1.21 bits per heavy atom. The van der Waals surface area contributed by atoms with E-state index in [9.17, 15) is 19.5 Å². The quantitative estimate of drug-likeness (QED) is 0.314. The lowest BCUT2D eigenvalue weighted by atomic mass is 9.86. The number of carboxylic acid groups (broad SMARTS) is 1. The van der Waals surface area contributed by atoms with Crippen LogP contribution in [0.15, 0.2) is 33.5 Å². The number of aryl methyl sites for hydroxylation is 1. The van der Waals surface area contributed by atoms with Gasteiger partial charge in [0.25, 0.3) is 0 Å². The Morgan fingerprint density at radius 2 is 1.97 bits per heavy atom. The van der Waals surface area contributed by atoms with Crippen LogP contribution in [0.2, 0.25) is 0 Å². The van der Waals surface area contributed by atoms with Crippen LogP contribution >= 0.6 is 12.4 Å². The van der Waals surface area contributed by atoms with E-state index in [1.165, 1.54) is 11.0 Å². The second kappa shape index (κ2) is 12.0. The molecule has 2 aromatic rings. The molecular formula is C24H33ClN2O6. The van der Waals surface area contributed by atoms with Gasteiger partial charge in [0.05, 0.1) is 0 Å². The van der Waals surface area contributed by atoms with Crippen LogP contribution in [0.25, 0.3) is 11.0 Å². The maximum absolute atomic E-state index is 12.4. The molecule has 33 heavy (non-hydrogen) atoms. The van der Waals surface area contributed by atoms with Crippen molar-refractivity contribution < 1.29 is 23.8 Å². The minimum atomic E-state index is -1.11.